The summed E-state index contributed by atoms with van der Waals surface area (Å²) in [6, 6.07) is 11.9. The van der Waals surface area contributed by atoms with E-state index in [0.29, 0.717) is 27.5 Å². The maximum Gasteiger partial charge on any atom is 0.277 e. The first-order valence-corrected chi connectivity index (χ1v) is 9.57. The Labute approximate surface area is 171 Å². The van der Waals surface area contributed by atoms with Crippen LogP contribution in [0.3, 0.4) is 0 Å². The molecule has 4 rings (SSSR count). The third-order valence-corrected chi connectivity index (χ3v) is 4.80. The van der Waals surface area contributed by atoms with Crippen LogP contribution in [0.5, 0.6) is 0 Å². The summed E-state index contributed by atoms with van der Waals surface area (Å²) in [6.07, 6.45) is 1.56. The maximum atomic E-state index is 12.6. The lowest BCUT2D eigenvalue weighted by Crippen LogP contribution is -2.26. The summed E-state index contributed by atoms with van der Waals surface area (Å²) < 4.78 is 2.71. The number of aromatic nitrogens is 5. The van der Waals surface area contributed by atoms with Gasteiger partial charge in [-0.2, -0.15) is 0 Å². The van der Waals surface area contributed by atoms with Crippen LogP contribution in [0.25, 0.3) is 21.8 Å². The van der Waals surface area contributed by atoms with Crippen molar-refractivity contribution in [1.29, 1.82) is 0 Å². The molecule has 2 aromatic heterocycles. The van der Waals surface area contributed by atoms with Crippen LogP contribution in [-0.4, -0.2) is 30.5 Å². The maximum absolute atomic E-state index is 12.6. The minimum absolute atomic E-state index is 0.0194. The lowest BCUT2D eigenvalue weighted by Gasteiger charge is -2.11. The molecule has 1 N–H and O–H groups in total. The average Bonchev–Trinajstić information content (AvgIpc) is 2.74. The zero-order chi connectivity index (χ0) is 21.3. The summed E-state index contributed by atoms with van der Waals surface area (Å²) in [5, 5.41) is 11.5. The Hall–Kier alpha value is -3.88. The average molecular weight is 404 g/mol. The van der Waals surface area contributed by atoms with E-state index in [-0.39, 0.29) is 36.0 Å². The Morgan fingerprint density at radius 2 is 1.83 bits per heavy atom. The normalized spacial score (nSPS) is 11.3. The fourth-order valence-electron chi connectivity index (χ4n) is 3.18. The van der Waals surface area contributed by atoms with Crippen molar-refractivity contribution in [2.75, 3.05) is 5.32 Å². The molecule has 2 aromatic carbocycles. The van der Waals surface area contributed by atoms with Crippen molar-refractivity contribution in [3.63, 3.8) is 0 Å². The number of aryl methyl sites for hydroxylation is 1. The number of nitrogens with zero attached hydrogens (tertiary/aromatic N) is 5. The number of rotatable bonds is 5. The number of carbonyl (C=O) groups excluding carboxylic acids is 1. The zero-order valence-corrected chi connectivity index (χ0v) is 16.6. The molecule has 30 heavy (non-hydrogen) atoms. The van der Waals surface area contributed by atoms with E-state index in [0.717, 1.165) is 0 Å². The third kappa shape index (κ3) is 3.69. The number of anilines is 1. The van der Waals surface area contributed by atoms with Crippen molar-refractivity contribution in [3.05, 3.63) is 69.5 Å². The van der Waals surface area contributed by atoms with Gasteiger partial charge < -0.3 is 5.32 Å². The van der Waals surface area contributed by atoms with Gasteiger partial charge in [0.25, 0.3) is 11.1 Å². The molecule has 0 aliphatic carbocycles. The van der Waals surface area contributed by atoms with E-state index in [1.807, 2.05) is 13.8 Å². The Balaban J connectivity index is 1.51. The quantitative estimate of drug-likeness (QED) is 0.545. The molecule has 2 heterocycles. The van der Waals surface area contributed by atoms with Crippen LogP contribution in [0, 0.1) is 0 Å². The number of carbonyl (C=O) groups is 1. The molecule has 1 amide bonds. The first-order chi connectivity index (χ1) is 14.4. The standard InChI is InChI=1S/C21H20N6O3/c1-13(2)26-12-22-17-8-7-14(11-16(17)20(26)29)23-19(28)9-10-27-21(30)15-5-3-4-6-18(15)24-25-27/h3-8,11-13H,9-10H2,1-2H3,(H,23,28). The van der Waals surface area contributed by atoms with Crippen molar-refractivity contribution >= 4 is 33.4 Å². The predicted octanol–water partition coefficient (Wildman–Crippen LogP) is 2.11. The Bertz CT molecular complexity index is 1370. The molecule has 0 unspecified atom stereocenters. The summed E-state index contributed by atoms with van der Waals surface area (Å²) in [7, 11) is 0. The largest absolute Gasteiger partial charge is 0.326 e. The summed E-state index contributed by atoms with van der Waals surface area (Å²) in [5.74, 6) is -0.302. The zero-order valence-electron chi connectivity index (χ0n) is 16.6. The Kier molecular flexibility index (Phi) is 5.09. The summed E-state index contributed by atoms with van der Waals surface area (Å²) in [4.78, 5) is 41.7. The molecule has 0 aliphatic rings. The van der Waals surface area contributed by atoms with Gasteiger partial charge in [-0.05, 0) is 44.2 Å². The van der Waals surface area contributed by atoms with E-state index in [4.69, 9.17) is 0 Å². The van der Waals surface area contributed by atoms with Crippen LogP contribution in [0.15, 0.2) is 58.4 Å². The van der Waals surface area contributed by atoms with Crippen LogP contribution >= 0.6 is 0 Å². The van der Waals surface area contributed by atoms with Gasteiger partial charge in [0, 0.05) is 18.2 Å². The monoisotopic (exact) mass is 404 g/mol. The first-order valence-electron chi connectivity index (χ1n) is 9.57. The molecule has 0 bridgehead atoms. The number of nitrogens with one attached hydrogen (secondary N) is 1. The minimum Gasteiger partial charge on any atom is -0.326 e. The molecule has 9 nitrogen and oxygen atoms in total. The van der Waals surface area contributed by atoms with Gasteiger partial charge in [-0.1, -0.05) is 17.3 Å². The van der Waals surface area contributed by atoms with Crippen molar-refractivity contribution in [2.24, 2.45) is 0 Å². The molecule has 0 fully saturated rings. The van der Waals surface area contributed by atoms with E-state index in [9.17, 15) is 14.4 Å². The smallest absolute Gasteiger partial charge is 0.277 e. The van der Waals surface area contributed by atoms with E-state index in [1.54, 1.807) is 47.0 Å². The number of fused-ring (bicyclic) bond motifs is 2. The highest BCUT2D eigenvalue weighted by Gasteiger charge is 2.11. The van der Waals surface area contributed by atoms with Crippen LogP contribution in [0.4, 0.5) is 5.69 Å². The van der Waals surface area contributed by atoms with Crippen LogP contribution in [0.1, 0.15) is 26.3 Å². The van der Waals surface area contributed by atoms with E-state index >= 15 is 0 Å². The third-order valence-electron chi connectivity index (χ3n) is 4.80. The first kappa shape index (κ1) is 19.4. The van der Waals surface area contributed by atoms with Crippen molar-refractivity contribution in [3.8, 4) is 0 Å². The second-order valence-corrected chi connectivity index (χ2v) is 7.22. The lowest BCUT2D eigenvalue weighted by atomic mass is 10.2. The minimum atomic E-state index is -0.302. The molecule has 0 radical (unpaired) electrons. The highest BCUT2D eigenvalue weighted by Crippen LogP contribution is 2.15. The van der Waals surface area contributed by atoms with Gasteiger partial charge in [0.2, 0.25) is 5.91 Å². The molecule has 0 saturated heterocycles. The molecule has 0 aliphatic heterocycles. The van der Waals surface area contributed by atoms with Crippen molar-refractivity contribution in [1.82, 2.24) is 24.5 Å². The molecule has 152 valence electrons. The molecule has 9 heteroatoms. The van der Waals surface area contributed by atoms with Gasteiger partial charge in [0.1, 0.15) is 5.52 Å². The van der Waals surface area contributed by atoms with Crippen molar-refractivity contribution in [2.45, 2.75) is 32.9 Å². The van der Waals surface area contributed by atoms with Gasteiger partial charge in [0.05, 0.1) is 29.2 Å². The lowest BCUT2D eigenvalue weighted by molar-refractivity contribution is -0.116. The highest BCUT2D eigenvalue weighted by atomic mass is 16.2. The summed E-state index contributed by atoms with van der Waals surface area (Å²) in [5.41, 5.74) is 1.11. The van der Waals surface area contributed by atoms with Crippen LogP contribution in [0.2, 0.25) is 0 Å². The van der Waals surface area contributed by atoms with Gasteiger partial charge in [-0.3, -0.25) is 19.0 Å². The molecule has 0 spiro atoms. The number of hydrogen-bond acceptors (Lipinski definition) is 6. The van der Waals surface area contributed by atoms with E-state index < -0.39 is 0 Å². The Morgan fingerprint density at radius 1 is 1.03 bits per heavy atom. The summed E-state index contributed by atoms with van der Waals surface area (Å²) >= 11 is 0. The number of benzene rings is 2. The molecule has 0 saturated carbocycles. The van der Waals surface area contributed by atoms with Gasteiger partial charge in [-0.25, -0.2) is 9.67 Å². The topological polar surface area (TPSA) is 112 Å². The second kappa shape index (κ2) is 7.86. The predicted molar refractivity (Wildman–Crippen MR) is 113 cm³/mol. The number of hydrogen-bond donors (Lipinski definition) is 1. The van der Waals surface area contributed by atoms with Crippen molar-refractivity contribution < 1.29 is 4.79 Å². The number of amides is 1. The fourth-order valence-corrected chi connectivity index (χ4v) is 3.18. The highest BCUT2D eigenvalue weighted by molar-refractivity contribution is 5.93. The molecule has 4 aromatic rings. The summed E-state index contributed by atoms with van der Waals surface area (Å²) in [6.45, 7) is 3.90. The fraction of sp³-hybridized carbons (Fsp3) is 0.238. The molecule has 0 atom stereocenters. The molecular weight excluding hydrogens is 384 g/mol. The Morgan fingerprint density at radius 3 is 2.63 bits per heavy atom. The van der Waals surface area contributed by atoms with Gasteiger partial charge in [-0.15, -0.1) is 5.10 Å². The van der Waals surface area contributed by atoms with Gasteiger partial charge >= 0.3 is 0 Å². The SMILES string of the molecule is CC(C)n1cnc2ccc(NC(=O)CCn3nnc4ccccc4c3=O)cc2c1=O. The molecular formula is C21H20N6O3. The van der Waals surface area contributed by atoms with Gasteiger partial charge in [0.15, 0.2) is 0 Å². The second-order valence-electron chi connectivity index (χ2n) is 7.22. The van der Waals surface area contributed by atoms with E-state index in [2.05, 4.69) is 20.6 Å². The van der Waals surface area contributed by atoms with Crippen LogP contribution < -0.4 is 16.4 Å². The van der Waals surface area contributed by atoms with E-state index in [1.165, 1.54) is 11.0 Å². The van der Waals surface area contributed by atoms with Crippen LogP contribution in [-0.2, 0) is 11.3 Å².